The highest BCUT2D eigenvalue weighted by atomic mass is 15.5. The van der Waals surface area contributed by atoms with Crippen LogP contribution in [0.2, 0.25) is 0 Å². The van der Waals surface area contributed by atoms with E-state index in [1.165, 1.54) is 0 Å². The summed E-state index contributed by atoms with van der Waals surface area (Å²) in [7, 11) is 0. The average molecular weight is 186 g/mol. The molecular weight excluding hydrogens is 176 g/mol. The van der Waals surface area contributed by atoms with Crippen LogP contribution >= 0.6 is 0 Å². The van der Waals surface area contributed by atoms with Gasteiger partial charge in [0.15, 0.2) is 5.82 Å². The molecule has 0 atom stereocenters. The zero-order valence-corrected chi connectivity index (χ0v) is 7.83. The summed E-state index contributed by atoms with van der Waals surface area (Å²) in [5, 5.41) is 11.4. The van der Waals surface area contributed by atoms with E-state index >= 15 is 0 Å². The second kappa shape index (κ2) is 3.83. The van der Waals surface area contributed by atoms with Crippen molar-refractivity contribution in [3.8, 4) is 5.69 Å². The maximum absolute atomic E-state index is 3.91. The minimum Gasteiger partial charge on any atom is -0.193 e. The molecule has 0 N–H and O–H groups in total. The Kier molecular flexibility index (Phi) is 2.36. The van der Waals surface area contributed by atoms with Gasteiger partial charge in [-0.25, -0.2) is 0 Å². The molecule has 2 rings (SSSR count). The number of hydrogen-bond donors (Lipinski definition) is 0. The molecule has 0 unspecified atom stereocenters. The molecule has 0 aliphatic rings. The zero-order valence-electron chi connectivity index (χ0n) is 7.83. The van der Waals surface area contributed by atoms with Crippen molar-refractivity contribution in [1.29, 1.82) is 0 Å². The average Bonchev–Trinajstić information content (AvgIpc) is 2.68. The van der Waals surface area contributed by atoms with Crippen molar-refractivity contribution < 1.29 is 0 Å². The maximum atomic E-state index is 3.91. The second-order valence-electron chi connectivity index (χ2n) is 2.78. The fourth-order valence-corrected chi connectivity index (χ4v) is 1.20. The molecule has 1 heterocycles. The van der Waals surface area contributed by atoms with Crippen LogP contribution in [-0.4, -0.2) is 20.2 Å². The van der Waals surface area contributed by atoms with Crippen LogP contribution in [0.15, 0.2) is 36.4 Å². The van der Waals surface area contributed by atoms with E-state index in [2.05, 4.69) is 15.5 Å². The van der Waals surface area contributed by atoms with Crippen molar-refractivity contribution in [2.24, 2.45) is 0 Å². The van der Waals surface area contributed by atoms with Gasteiger partial charge >= 0.3 is 0 Å². The number of benzene rings is 1. The van der Waals surface area contributed by atoms with E-state index in [1.807, 2.05) is 49.4 Å². The van der Waals surface area contributed by atoms with Gasteiger partial charge < -0.3 is 0 Å². The van der Waals surface area contributed by atoms with E-state index in [1.54, 1.807) is 4.68 Å². The van der Waals surface area contributed by atoms with Gasteiger partial charge in [-0.1, -0.05) is 24.3 Å². The predicted molar refractivity (Wildman–Crippen MR) is 53.9 cm³/mol. The van der Waals surface area contributed by atoms with E-state index in [0.29, 0.717) is 0 Å². The van der Waals surface area contributed by atoms with Gasteiger partial charge in [0.25, 0.3) is 0 Å². The molecule has 0 aliphatic carbocycles. The number of nitrogens with zero attached hydrogens (tertiary/aromatic N) is 4. The van der Waals surface area contributed by atoms with Gasteiger partial charge in [0.05, 0.1) is 5.69 Å². The van der Waals surface area contributed by atoms with E-state index in [4.69, 9.17) is 0 Å². The third-order valence-electron chi connectivity index (χ3n) is 1.81. The highest BCUT2D eigenvalue weighted by Gasteiger charge is 2.02. The fourth-order valence-electron chi connectivity index (χ4n) is 1.20. The number of hydrogen-bond acceptors (Lipinski definition) is 3. The molecule has 0 amide bonds. The standard InChI is InChI=1S/C10H10N4/c1-2-6-10-11-12-13-14(10)9-7-4-3-5-8-9/h2-8H,1H3/b6-2+. The van der Waals surface area contributed by atoms with E-state index < -0.39 is 0 Å². The quantitative estimate of drug-likeness (QED) is 0.716. The normalized spacial score (nSPS) is 10.9. The Morgan fingerprint density at radius 1 is 1.21 bits per heavy atom. The lowest BCUT2D eigenvalue weighted by molar-refractivity contribution is 0.787. The lowest BCUT2D eigenvalue weighted by Gasteiger charge is -1.99. The molecule has 0 fully saturated rings. The smallest absolute Gasteiger partial charge is 0.179 e. The topological polar surface area (TPSA) is 43.6 Å². The summed E-state index contributed by atoms with van der Waals surface area (Å²) in [6.07, 6.45) is 3.78. The Bertz CT molecular complexity index is 430. The Morgan fingerprint density at radius 2 is 2.00 bits per heavy atom. The fraction of sp³-hybridized carbons (Fsp3) is 0.100. The maximum Gasteiger partial charge on any atom is 0.179 e. The van der Waals surface area contributed by atoms with Crippen LogP contribution in [0.3, 0.4) is 0 Å². The number of aromatic nitrogens is 4. The highest BCUT2D eigenvalue weighted by Crippen LogP contribution is 2.07. The molecule has 0 aliphatic heterocycles. The van der Waals surface area contributed by atoms with Gasteiger partial charge in [-0.15, -0.1) is 5.10 Å². The molecule has 14 heavy (non-hydrogen) atoms. The van der Waals surface area contributed by atoms with Gasteiger partial charge in [0, 0.05) is 0 Å². The summed E-state index contributed by atoms with van der Waals surface area (Å²) in [5.74, 6) is 0.735. The van der Waals surface area contributed by atoms with Crippen LogP contribution in [0.25, 0.3) is 11.8 Å². The Labute approximate surface area is 81.9 Å². The molecule has 1 aromatic heterocycles. The summed E-state index contributed by atoms with van der Waals surface area (Å²) >= 11 is 0. The number of tetrazole rings is 1. The van der Waals surface area contributed by atoms with E-state index in [-0.39, 0.29) is 0 Å². The molecule has 0 spiro atoms. The lowest BCUT2D eigenvalue weighted by atomic mass is 10.3. The van der Waals surface area contributed by atoms with Crippen molar-refractivity contribution in [2.45, 2.75) is 6.92 Å². The third-order valence-corrected chi connectivity index (χ3v) is 1.81. The third kappa shape index (κ3) is 1.54. The van der Waals surface area contributed by atoms with Gasteiger partial charge in [-0.3, -0.25) is 0 Å². The Hall–Kier alpha value is -1.97. The summed E-state index contributed by atoms with van der Waals surface area (Å²) in [6.45, 7) is 1.93. The van der Waals surface area contributed by atoms with Gasteiger partial charge in [0.1, 0.15) is 0 Å². The van der Waals surface area contributed by atoms with Crippen molar-refractivity contribution in [3.63, 3.8) is 0 Å². The monoisotopic (exact) mass is 186 g/mol. The van der Waals surface area contributed by atoms with Crippen molar-refractivity contribution in [3.05, 3.63) is 42.2 Å². The molecule has 0 bridgehead atoms. The number of allylic oxidation sites excluding steroid dienone is 1. The summed E-state index contributed by atoms with van der Waals surface area (Å²) in [5.41, 5.74) is 0.964. The largest absolute Gasteiger partial charge is 0.193 e. The molecule has 0 radical (unpaired) electrons. The van der Waals surface area contributed by atoms with Crippen molar-refractivity contribution >= 4 is 6.08 Å². The van der Waals surface area contributed by atoms with E-state index in [9.17, 15) is 0 Å². The van der Waals surface area contributed by atoms with Crippen LogP contribution in [-0.2, 0) is 0 Å². The van der Waals surface area contributed by atoms with Crippen LogP contribution in [0, 0.1) is 0 Å². The summed E-state index contributed by atoms with van der Waals surface area (Å²) in [4.78, 5) is 0. The first-order valence-electron chi connectivity index (χ1n) is 4.38. The number of para-hydroxylation sites is 1. The summed E-state index contributed by atoms with van der Waals surface area (Å²) < 4.78 is 1.69. The Morgan fingerprint density at radius 3 is 2.71 bits per heavy atom. The molecule has 70 valence electrons. The predicted octanol–water partition coefficient (Wildman–Crippen LogP) is 1.70. The zero-order chi connectivity index (χ0) is 9.80. The van der Waals surface area contributed by atoms with Gasteiger partial charge in [-0.05, 0) is 35.6 Å². The first kappa shape index (κ1) is 8.62. The first-order chi connectivity index (χ1) is 6.92. The SMILES string of the molecule is C/C=C/c1nnnn1-c1ccccc1. The van der Waals surface area contributed by atoms with Crippen LogP contribution in [0.1, 0.15) is 12.7 Å². The van der Waals surface area contributed by atoms with Crippen molar-refractivity contribution in [2.75, 3.05) is 0 Å². The van der Waals surface area contributed by atoms with E-state index in [0.717, 1.165) is 11.5 Å². The lowest BCUT2D eigenvalue weighted by Crippen LogP contribution is -1.98. The second-order valence-corrected chi connectivity index (χ2v) is 2.78. The number of rotatable bonds is 2. The molecule has 4 heteroatoms. The van der Waals surface area contributed by atoms with Gasteiger partial charge in [-0.2, -0.15) is 4.68 Å². The molecule has 0 saturated heterocycles. The van der Waals surface area contributed by atoms with Gasteiger partial charge in [0.2, 0.25) is 0 Å². The summed E-state index contributed by atoms with van der Waals surface area (Å²) in [6, 6.07) is 9.79. The molecule has 1 aromatic carbocycles. The van der Waals surface area contributed by atoms with Crippen LogP contribution in [0.4, 0.5) is 0 Å². The van der Waals surface area contributed by atoms with Crippen molar-refractivity contribution in [1.82, 2.24) is 20.2 Å². The molecule has 2 aromatic rings. The van der Waals surface area contributed by atoms with Crippen LogP contribution in [0.5, 0.6) is 0 Å². The van der Waals surface area contributed by atoms with Crippen LogP contribution < -0.4 is 0 Å². The first-order valence-corrected chi connectivity index (χ1v) is 4.38. The highest BCUT2D eigenvalue weighted by molar-refractivity contribution is 5.43. The molecular formula is C10H10N4. The minimum atomic E-state index is 0.735. The molecule has 0 saturated carbocycles. The minimum absolute atomic E-state index is 0.735. The molecule has 4 nitrogen and oxygen atoms in total. The Balaban J connectivity index is 2.47.